The molecule has 242 valence electrons. The SMILES string of the molecule is COCCOCCOCCn1cc(CCC(=O)N2CCN(C(=O)Oc3ccccc3)C(CNC(=O)Cc3ccccc3)C2)nn1. The van der Waals surface area contributed by atoms with Gasteiger partial charge in [-0.15, -0.1) is 5.10 Å². The zero-order chi connectivity index (χ0) is 31.7. The van der Waals surface area contributed by atoms with E-state index in [4.69, 9.17) is 18.9 Å². The third-order valence-electron chi connectivity index (χ3n) is 7.21. The van der Waals surface area contributed by atoms with Crippen LogP contribution >= 0.6 is 0 Å². The van der Waals surface area contributed by atoms with Crippen LogP contribution in [0.15, 0.2) is 66.9 Å². The second kappa shape index (κ2) is 18.5. The molecule has 45 heavy (non-hydrogen) atoms. The second-order valence-electron chi connectivity index (χ2n) is 10.5. The van der Waals surface area contributed by atoms with Crippen molar-refractivity contribution in [2.75, 3.05) is 66.3 Å². The van der Waals surface area contributed by atoms with Crippen LogP contribution < -0.4 is 10.1 Å². The highest BCUT2D eigenvalue weighted by molar-refractivity contribution is 5.79. The van der Waals surface area contributed by atoms with Crippen molar-refractivity contribution in [3.05, 3.63) is 78.1 Å². The molecule has 13 heteroatoms. The lowest BCUT2D eigenvalue weighted by Gasteiger charge is -2.40. The molecule has 13 nitrogen and oxygen atoms in total. The number of nitrogens with zero attached hydrogens (tertiary/aromatic N) is 5. The molecule has 1 fully saturated rings. The zero-order valence-electron chi connectivity index (χ0n) is 25.7. The van der Waals surface area contributed by atoms with E-state index < -0.39 is 12.1 Å². The van der Waals surface area contributed by atoms with Crippen molar-refractivity contribution in [1.29, 1.82) is 0 Å². The minimum atomic E-state index is -0.519. The molecule has 1 unspecified atom stereocenters. The number of carbonyl (C=O) groups excluding carboxylic acids is 3. The predicted octanol–water partition coefficient (Wildman–Crippen LogP) is 1.96. The van der Waals surface area contributed by atoms with Crippen LogP contribution in [0.25, 0.3) is 0 Å². The van der Waals surface area contributed by atoms with Gasteiger partial charge in [0.25, 0.3) is 0 Å². The maximum absolute atomic E-state index is 13.2. The van der Waals surface area contributed by atoms with Gasteiger partial charge < -0.3 is 29.2 Å². The fourth-order valence-corrected chi connectivity index (χ4v) is 4.80. The lowest BCUT2D eigenvalue weighted by Crippen LogP contribution is -2.60. The van der Waals surface area contributed by atoms with Gasteiger partial charge in [-0.05, 0) is 17.7 Å². The van der Waals surface area contributed by atoms with Crippen molar-refractivity contribution in [2.45, 2.75) is 31.8 Å². The highest BCUT2D eigenvalue weighted by atomic mass is 16.6. The smallest absolute Gasteiger partial charge is 0.410 e. The van der Waals surface area contributed by atoms with Crippen LogP contribution in [-0.4, -0.2) is 115 Å². The molecule has 2 heterocycles. The number of piperazine rings is 1. The van der Waals surface area contributed by atoms with Crippen molar-refractivity contribution in [3.8, 4) is 5.75 Å². The first-order valence-corrected chi connectivity index (χ1v) is 15.2. The number of methoxy groups -OCH3 is 1. The van der Waals surface area contributed by atoms with Crippen LogP contribution in [0.5, 0.6) is 5.75 Å². The summed E-state index contributed by atoms with van der Waals surface area (Å²) in [5.41, 5.74) is 1.60. The second-order valence-corrected chi connectivity index (χ2v) is 10.5. The van der Waals surface area contributed by atoms with Crippen molar-refractivity contribution < 1.29 is 33.3 Å². The average molecular weight is 623 g/mol. The first kappa shape index (κ1) is 33.6. The Hall–Kier alpha value is -4.33. The fourth-order valence-electron chi connectivity index (χ4n) is 4.80. The van der Waals surface area contributed by atoms with Gasteiger partial charge in [-0.2, -0.15) is 0 Å². The molecule has 3 amide bonds. The van der Waals surface area contributed by atoms with Gasteiger partial charge in [-0.3, -0.25) is 14.5 Å². The van der Waals surface area contributed by atoms with Gasteiger partial charge >= 0.3 is 6.09 Å². The maximum atomic E-state index is 13.2. The molecular weight excluding hydrogens is 580 g/mol. The molecule has 1 aromatic heterocycles. The van der Waals surface area contributed by atoms with Crippen LogP contribution in [0.1, 0.15) is 17.7 Å². The van der Waals surface area contributed by atoms with Gasteiger partial charge in [0.15, 0.2) is 0 Å². The van der Waals surface area contributed by atoms with Crippen molar-refractivity contribution in [1.82, 2.24) is 30.1 Å². The summed E-state index contributed by atoms with van der Waals surface area (Å²) in [7, 11) is 1.63. The Labute approximate surface area is 263 Å². The molecule has 1 aliphatic heterocycles. The number of hydrogen-bond donors (Lipinski definition) is 1. The Kier molecular flexibility index (Phi) is 13.8. The molecule has 1 N–H and O–H groups in total. The van der Waals surface area contributed by atoms with E-state index in [1.807, 2.05) is 42.6 Å². The summed E-state index contributed by atoms with van der Waals surface area (Å²) in [5.74, 6) is 0.211. The number of hydrogen-bond acceptors (Lipinski definition) is 9. The summed E-state index contributed by atoms with van der Waals surface area (Å²) < 4.78 is 23.1. The summed E-state index contributed by atoms with van der Waals surface area (Å²) in [6.45, 7) is 4.17. The Bertz CT molecular complexity index is 1320. The predicted molar refractivity (Wildman–Crippen MR) is 165 cm³/mol. The van der Waals surface area contributed by atoms with Crippen LogP contribution in [-0.2, 0) is 43.2 Å². The molecule has 2 aromatic carbocycles. The monoisotopic (exact) mass is 622 g/mol. The largest absolute Gasteiger partial charge is 0.415 e. The molecule has 4 rings (SSSR count). The van der Waals surface area contributed by atoms with E-state index in [1.54, 1.807) is 45.9 Å². The van der Waals surface area contributed by atoms with Gasteiger partial charge in [0.1, 0.15) is 5.75 Å². The number of benzene rings is 2. The van der Waals surface area contributed by atoms with Crippen molar-refractivity contribution >= 4 is 17.9 Å². The van der Waals surface area contributed by atoms with E-state index in [0.29, 0.717) is 64.0 Å². The third-order valence-corrected chi connectivity index (χ3v) is 7.21. The number of ether oxygens (including phenoxy) is 4. The van der Waals surface area contributed by atoms with Crippen LogP contribution in [0.3, 0.4) is 0 Å². The van der Waals surface area contributed by atoms with Crippen LogP contribution in [0.2, 0.25) is 0 Å². The van der Waals surface area contributed by atoms with Gasteiger partial charge in [0.2, 0.25) is 11.8 Å². The normalized spacial score (nSPS) is 14.7. The molecule has 0 bridgehead atoms. The third kappa shape index (κ3) is 11.6. The van der Waals surface area contributed by atoms with E-state index in [1.165, 1.54) is 0 Å². The maximum Gasteiger partial charge on any atom is 0.415 e. The van der Waals surface area contributed by atoms with E-state index in [2.05, 4.69) is 15.6 Å². The van der Waals surface area contributed by atoms with Gasteiger partial charge in [0, 0.05) is 52.3 Å². The Balaban J connectivity index is 1.25. The molecule has 3 aromatic rings. The summed E-state index contributed by atoms with van der Waals surface area (Å²) in [6.07, 6.45) is 2.20. The topological polar surface area (TPSA) is 137 Å². The van der Waals surface area contributed by atoms with Crippen molar-refractivity contribution in [2.24, 2.45) is 0 Å². The highest BCUT2D eigenvalue weighted by Gasteiger charge is 2.34. The molecule has 1 aliphatic rings. The molecular formula is C32H42N6O7. The number of aryl methyl sites for hydroxylation is 1. The molecule has 1 saturated heterocycles. The fraction of sp³-hybridized carbons (Fsp3) is 0.469. The number of para-hydroxylation sites is 1. The number of rotatable bonds is 17. The Morgan fingerprint density at radius 3 is 2.38 bits per heavy atom. The van der Waals surface area contributed by atoms with Crippen LogP contribution in [0, 0.1) is 0 Å². The summed E-state index contributed by atoms with van der Waals surface area (Å²) in [4.78, 5) is 42.3. The van der Waals surface area contributed by atoms with Gasteiger partial charge in [-0.25, -0.2) is 9.48 Å². The summed E-state index contributed by atoms with van der Waals surface area (Å²) in [5, 5.41) is 11.2. The van der Waals surface area contributed by atoms with Crippen LogP contribution in [0.4, 0.5) is 4.79 Å². The number of amides is 3. The molecule has 0 radical (unpaired) electrons. The average Bonchev–Trinajstić information content (AvgIpc) is 3.52. The molecule has 0 aliphatic carbocycles. The first-order valence-electron chi connectivity index (χ1n) is 15.2. The van der Waals surface area contributed by atoms with E-state index in [9.17, 15) is 14.4 Å². The standard InChI is InChI=1S/C32H42N6O7/c1-42-18-19-44-21-20-43-17-16-37-24-27(34-35-37)12-13-31(40)36-14-15-38(32(41)45-29-10-6-3-7-11-29)28(25-36)23-33-30(39)22-26-8-4-2-5-9-26/h2-11,24,28H,12-23,25H2,1H3,(H,33,39). The lowest BCUT2D eigenvalue weighted by atomic mass is 10.1. The van der Waals surface area contributed by atoms with Gasteiger partial charge in [-0.1, -0.05) is 53.7 Å². The zero-order valence-corrected chi connectivity index (χ0v) is 25.7. The number of carbonyl (C=O) groups is 3. The van der Waals surface area contributed by atoms with Gasteiger partial charge in [0.05, 0.1) is 57.7 Å². The number of aromatic nitrogens is 3. The Morgan fingerprint density at radius 2 is 1.62 bits per heavy atom. The van der Waals surface area contributed by atoms with E-state index >= 15 is 0 Å². The summed E-state index contributed by atoms with van der Waals surface area (Å²) >= 11 is 0. The first-order chi connectivity index (χ1) is 22.0. The lowest BCUT2D eigenvalue weighted by molar-refractivity contribution is -0.133. The highest BCUT2D eigenvalue weighted by Crippen LogP contribution is 2.16. The van der Waals surface area contributed by atoms with Crippen molar-refractivity contribution in [3.63, 3.8) is 0 Å². The van der Waals surface area contributed by atoms with E-state index in [0.717, 1.165) is 5.56 Å². The molecule has 0 saturated carbocycles. The Morgan fingerprint density at radius 1 is 0.911 bits per heavy atom. The number of nitrogens with one attached hydrogen (secondary N) is 1. The quantitative estimate of drug-likeness (QED) is 0.224. The minimum Gasteiger partial charge on any atom is -0.410 e. The molecule has 1 atom stereocenters. The van der Waals surface area contributed by atoms with E-state index in [-0.39, 0.29) is 44.3 Å². The minimum absolute atomic E-state index is 0.0574. The summed E-state index contributed by atoms with van der Waals surface area (Å²) in [6, 6.07) is 17.8. The molecule has 0 spiro atoms.